The summed E-state index contributed by atoms with van der Waals surface area (Å²) >= 11 is 3.37. The molecule has 21 heavy (non-hydrogen) atoms. The zero-order valence-electron chi connectivity index (χ0n) is 12.1. The molecule has 0 aliphatic carbocycles. The Morgan fingerprint density at radius 3 is 2.43 bits per heavy atom. The maximum absolute atomic E-state index is 12.4. The lowest BCUT2D eigenvalue weighted by atomic mass is 10.2. The van der Waals surface area contributed by atoms with Gasteiger partial charge in [0, 0.05) is 24.3 Å². The summed E-state index contributed by atoms with van der Waals surface area (Å²) in [5.41, 5.74) is 2.35. The number of rotatable bonds is 4. The van der Waals surface area contributed by atoms with Crippen LogP contribution in [0.3, 0.4) is 0 Å². The highest BCUT2D eigenvalue weighted by atomic mass is 79.9. The van der Waals surface area contributed by atoms with Gasteiger partial charge in [-0.25, -0.2) is 8.42 Å². The first kappa shape index (κ1) is 15.9. The lowest BCUT2D eigenvalue weighted by Gasteiger charge is -2.15. The van der Waals surface area contributed by atoms with Crippen LogP contribution in [-0.2, 0) is 10.0 Å². The standard InChI is InChI=1S/C15H17BrN2O2S/c1-11-9-14(7-8-15(11)16)21(19,20)17-12-5-4-6-13(10-12)18(2)3/h4-10,17H,1-3H3. The van der Waals surface area contributed by atoms with Crippen molar-refractivity contribution in [3.05, 3.63) is 52.5 Å². The van der Waals surface area contributed by atoms with Crippen LogP contribution in [0, 0.1) is 6.92 Å². The number of halogens is 1. The molecule has 0 fully saturated rings. The Hall–Kier alpha value is -1.53. The molecule has 2 aromatic carbocycles. The second-order valence-electron chi connectivity index (χ2n) is 4.96. The van der Waals surface area contributed by atoms with E-state index >= 15 is 0 Å². The first-order valence-electron chi connectivity index (χ1n) is 6.36. The number of hydrogen-bond acceptors (Lipinski definition) is 3. The van der Waals surface area contributed by atoms with Gasteiger partial charge >= 0.3 is 0 Å². The molecule has 112 valence electrons. The molecule has 0 aromatic heterocycles. The quantitative estimate of drug-likeness (QED) is 0.896. The summed E-state index contributed by atoms with van der Waals surface area (Å²) in [6, 6.07) is 12.2. The summed E-state index contributed by atoms with van der Waals surface area (Å²) in [4.78, 5) is 2.17. The largest absolute Gasteiger partial charge is 0.378 e. The van der Waals surface area contributed by atoms with Gasteiger partial charge in [-0.2, -0.15) is 0 Å². The number of sulfonamides is 1. The first-order chi connectivity index (χ1) is 9.79. The molecule has 0 radical (unpaired) electrons. The smallest absolute Gasteiger partial charge is 0.261 e. The van der Waals surface area contributed by atoms with E-state index in [0.29, 0.717) is 5.69 Å². The molecule has 6 heteroatoms. The van der Waals surface area contributed by atoms with Crippen molar-refractivity contribution in [3.63, 3.8) is 0 Å². The van der Waals surface area contributed by atoms with Gasteiger partial charge in [-0.15, -0.1) is 0 Å². The number of anilines is 2. The highest BCUT2D eigenvalue weighted by molar-refractivity contribution is 9.10. The van der Waals surface area contributed by atoms with Crippen LogP contribution in [0.15, 0.2) is 51.8 Å². The van der Waals surface area contributed by atoms with Crippen molar-refractivity contribution >= 4 is 37.3 Å². The van der Waals surface area contributed by atoms with E-state index < -0.39 is 10.0 Å². The number of nitrogens with zero attached hydrogens (tertiary/aromatic N) is 1. The van der Waals surface area contributed by atoms with Gasteiger partial charge in [0.1, 0.15) is 0 Å². The maximum atomic E-state index is 12.4. The Morgan fingerprint density at radius 2 is 1.81 bits per heavy atom. The lowest BCUT2D eigenvalue weighted by Crippen LogP contribution is -2.14. The van der Waals surface area contributed by atoms with Gasteiger partial charge in [-0.1, -0.05) is 22.0 Å². The van der Waals surface area contributed by atoms with E-state index in [1.807, 2.05) is 38.1 Å². The normalized spacial score (nSPS) is 11.2. The van der Waals surface area contributed by atoms with Crippen LogP contribution < -0.4 is 9.62 Å². The fourth-order valence-electron chi connectivity index (χ4n) is 1.85. The number of benzene rings is 2. The second kappa shape index (κ2) is 6.07. The Kier molecular flexibility index (Phi) is 4.58. The van der Waals surface area contributed by atoms with Crippen molar-refractivity contribution < 1.29 is 8.42 Å². The van der Waals surface area contributed by atoms with E-state index in [2.05, 4.69) is 20.7 Å². The number of hydrogen-bond donors (Lipinski definition) is 1. The Balaban J connectivity index is 2.33. The van der Waals surface area contributed by atoms with Crippen LogP contribution in [0.1, 0.15) is 5.56 Å². The third kappa shape index (κ3) is 3.77. The van der Waals surface area contributed by atoms with E-state index in [9.17, 15) is 8.42 Å². The molecule has 0 amide bonds. The molecular weight excluding hydrogens is 352 g/mol. The van der Waals surface area contributed by atoms with Crippen LogP contribution in [0.5, 0.6) is 0 Å². The van der Waals surface area contributed by atoms with E-state index in [1.165, 1.54) is 0 Å². The lowest BCUT2D eigenvalue weighted by molar-refractivity contribution is 0.601. The van der Waals surface area contributed by atoms with Crippen molar-refractivity contribution in [2.24, 2.45) is 0 Å². The topological polar surface area (TPSA) is 49.4 Å². The van der Waals surface area contributed by atoms with Gasteiger partial charge in [0.05, 0.1) is 10.6 Å². The van der Waals surface area contributed by atoms with Gasteiger partial charge < -0.3 is 4.90 Å². The fourth-order valence-corrected chi connectivity index (χ4v) is 3.23. The minimum absolute atomic E-state index is 0.249. The molecule has 0 saturated heterocycles. The van der Waals surface area contributed by atoms with Crippen LogP contribution in [0.25, 0.3) is 0 Å². The molecule has 0 atom stereocenters. The zero-order chi connectivity index (χ0) is 15.6. The molecule has 0 unspecified atom stereocenters. The Bertz CT molecular complexity index is 758. The van der Waals surface area contributed by atoms with E-state index in [-0.39, 0.29) is 4.90 Å². The van der Waals surface area contributed by atoms with Crippen LogP contribution in [-0.4, -0.2) is 22.5 Å². The van der Waals surface area contributed by atoms with Gasteiger partial charge in [-0.05, 0) is 48.9 Å². The molecule has 2 aromatic rings. The van der Waals surface area contributed by atoms with E-state index in [1.54, 1.807) is 30.3 Å². The van der Waals surface area contributed by atoms with Crippen molar-refractivity contribution in [3.8, 4) is 0 Å². The Morgan fingerprint density at radius 1 is 1.10 bits per heavy atom. The maximum Gasteiger partial charge on any atom is 0.261 e. The molecule has 0 bridgehead atoms. The molecule has 1 N–H and O–H groups in total. The minimum Gasteiger partial charge on any atom is -0.378 e. The average molecular weight is 369 g/mol. The SMILES string of the molecule is Cc1cc(S(=O)(=O)Nc2cccc(N(C)C)c2)ccc1Br. The van der Waals surface area contributed by atoms with Crippen LogP contribution in [0.4, 0.5) is 11.4 Å². The first-order valence-corrected chi connectivity index (χ1v) is 8.63. The Labute approximate surface area is 134 Å². The molecule has 0 aliphatic rings. The van der Waals surface area contributed by atoms with Crippen LogP contribution >= 0.6 is 15.9 Å². The molecular formula is C15H17BrN2O2S. The summed E-state index contributed by atoms with van der Waals surface area (Å²) in [7, 11) is 0.232. The number of aryl methyl sites for hydroxylation is 1. The summed E-state index contributed by atoms with van der Waals surface area (Å²) in [5.74, 6) is 0. The van der Waals surface area contributed by atoms with Gasteiger partial charge in [0.15, 0.2) is 0 Å². The van der Waals surface area contributed by atoms with Gasteiger partial charge in [0.25, 0.3) is 10.0 Å². The highest BCUT2D eigenvalue weighted by Crippen LogP contribution is 2.23. The van der Waals surface area contributed by atoms with Gasteiger partial charge in [0.2, 0.25) is 0 Å². The number of nitrogens with one attached hydrogen (secondary N) is 1. The minimum atomic E-state index is -3.58. The van der Waals surface area contributed by atoms with Crippen molar-refractivity contribution in [2.45, 2.75) is 11.8 Å². The third-order valence-electron chi connectivity index (χ3n) is 3.05. The molecule has 0 saturated carbocycles. The predicted octanol–water partition coefficient (Wildman–Crippen LogP) is 3.62. The molecule has 4 nitrogen and oxygen atoms in total. The highest BCUT2D eigenvalue weighted by Gasteiger charge is 2.15. The monoisotopic (exact) mass is 368 g/mol. The third-order valence-corrected chi connectivity index (χ3v) is 5.32. The van der Waals surface area contributed by atoms with Crippen molar-refractivity contribution in [1.82, 2.24) is 0 Å². The summed E-state index contributed by atoms with van der Waals surface area (Å²) < 4.78 is 28.3. The summed E-state index contributed by atoms with van der Waals surface area (Å²) in [6.07, 6.45) is 0. The molecule has 2 rings (SSSR count). The van der Waals surface area contributed by atoms with E-state index in [0.717, 1.165) is 15.7 Å². The molecule has 0 aliphatic heterocycles. The average Bonchev–Trinajstić information content (AvgIpc) is 2.41. The molecule has 0 heterocycles. The summed E-state index contributed by atoms with van der Waals surface area (Å²) in [6.45, 7) is 1.86. The van der Waals surface area contributed by atoms with Crippen molar-refractivity contribution in [2.75, 3.05) is 23.7 Å². The second-order valence-corrected chi connectivity index (χ2v) is 7.50. The molecule has 0 spiro atoms. The van der Waals surface area contributed by atoms with Crippen molar-refractivity contribution in [1.29, 1.82) is 0 Å². The zero-order valence-corrected chi connectivity index (χ0v) is 14.5. The van der Waals surface area contributed by atoms with E-state index in [4.69, 9.17) is 0 Å². The summed E-state index contributed by atoms with van der Waals surface area (Å²) in [5, 5.41) is 0. The predicted molar refractivity (Wildman–Crippen MR) is 90.5 cm³/mol. The fraction of sp³-hybridized carbons (Fsp3) is 0.200. The van der Waals surface area contributed by atoms with Crippen LogP contribution in [0.2, 0.25) is 0 Å². The van der Waals surface area contributed by atoms with Gasteiger partial charge in [-0.3, -0.25) is 4.72 Å².